The van der Waals surface area contributed by atoms with E-state index < -0.39 is 5.60 Å². The van der Waals surface area contributed by atoms with Crippen molar-refractivity contribution in [1.29, 1.82) is 0 Å². The van der Waals surface area contributed by atoms with Crippen LogP contribution in [0.25, 0.3) is 0 Å². The van der Waals surface area contributed by atoms with Gasteiger partial charge in [-0.25, -0.2) is 4.68 Å². The Kier molecular flexibility index (Phi) is 3.95. The van der Waals surface area contributed by atoms with Crippen LogP contribution in [0, 0.1) is 0 Å². The molecule has 0 atom stereocenters. The predicted octanol–water partition coefficient (Wildman–Crippen LogP) is 0.190. The first kappa shape index (κ1) is 14.5. The van der Waals surface area contributed by atoms with E-state index in [-0.39, 0.29) is 5.91 Å². The number of piperidine rings is 2. The maximum absolute atomic E-state index is 12.4. The molecule has 2 aliphatic rings. The van der Waals surface area contributed by atoms with Crippen molar-refractivity contribution in [3.8, 4) is 0 Å². The molecule has 2 aliphatic heterocycles. The van der Waals surface area contributed by atoms with Crippen molar-refractivity contribution in [2.45, 2.75) is 44.2 Å². The molecule has 3 rings (SSSR count). The molecule has 0 aromatic carbocycles. The minimum atomic E-state index is -0.649. The average Bonchev–Trinajstić information content (AvgIpc) is 2.97. The van der Waals surface area contributed by atoms with Crippen LogP contribution in [0.5, 0.6) is 0 Å². The van der Waals surface area contributed by atoms with Gasteiger partial charge in [0.2, 0.25) is 0 Å². The van der Waals surface area contributed by atoms with E-state index in [9.17, 15) is 9.90 Å². The van der Waals surface area contributed by atoms with E-state index >= 15 is 0 Å². The SMILES string of the molecule is CC1(O)CCN(C(=O)c2cn(C3CCNCC3)nn2)CC1. The fraction of sp³-hybridized carbons (Fsp3) is 0.786. The van der Waals surface area contributed by atoms with E-state index in [0.29, 0.717) is 37.7 Å². The van der Waals surface area contributed by atoms with Gasteiger partial charge in [-0.05, 0) is 45.7 Å². The molecule has 1 amide bonds. The van der Waals surface area contributed by atoms with Gasteiger partial charge in [-0.1, -0.05) is 5.21 Å². The lowest BCUT2D eigenvalue weighted by molar-refractivity contribution is -0.00219. The lowest BCUT2D eigenvalue weighted by atomic mass is 9.94. The molecule has 21 heavy (non-hydrogen) atoms. The Hall–Kier alpha value is -1.47. The van der Waals surface area contributed by atoms with Crippen LogP contribution in [0.2, 0.25) is 0 Å². The molecule has 1 aromatic heterocycles. The second kappa shape index (κ2) is 5.73. The first-order valence-corrected chi connectivity index (χ1v) is 7.69. The Labute approximate surface area is 124 Å². The van der Waals surface area contributed by atoms with Gasteiger partial charge in [0, 0.05) is 13.1 Å². The fourth-order valence-electron chi connectivity index (χ4n) is 2.98. The number of hydrogen-bond acceptors (Lipinski definition) is 5. The molecule has 2 N–H and O–H groups in total. The molecule has 7 nitrogen and oxygen atoms in total. The summed E-state index contributed by atoms with van der Waals surface area (Å²) >= 11 is 0. The molecule has 0 bridgehead atoms. The van der Waals surface area contributed by atoms with Crippen molar-refractivity contribution in [2.24, 2.45) is 0 Å². The second-order valence-corrected chi connectivity index (χ2v) is 6.35. The predicted molar refractivity (Wildman–Crippen MR) is 76.9 cm³/mol. The van der Waals surface area contributed by atoms with E-state index in [1.165, 1.54) is 0 Å². The molecule has 0 saturated carbocycles. The second-order valence-electron chi connectivity index (χ2n) is 6.35. The molecular formula is C14H23N5O2. The summed E-state index contributed by atoms with van der Waals surface area (Å²) in [6.45, 7) is 4.93. The third kappa shape index (κ3) is 3.24. The third-order valence-electron chi connectivity index (χ3n) is 4.54. The Balaban J connectivity index is 1.64. The van der Waals surface area contributed by atoms with Crippen LogP contribution in [-0.2, 0) is 0 Å². The Bertz CT molecular complexity index is 497. The summed E-state index contributed by atoms with van der Waals surface area (Å²) in [4.78, 5) is 14.2. The quantitative estimate of drug-likeness (QED) is 0.813. The number of carbonyl (C=O) groups is 1. The normalized spacial score (nSPS) is 23.2. The van der Waals surface area contributed by atoms with Crippen LogP contribution >= 0.6 is 0 Å². The largest absolute Gasteiger partial charge is 0.390 e. The number of aliphatic hydroxyl groups is 1. The van der Waals surface area contributed by atoms with Gasteiger partial charge in [-0.2, -0.15) is 0 Å². The van der Waals surface area contributed by atoms with Crippen LogP contribution < -0.4 is 5.32 Å². The Morgan fingerprint density at radius 3 is 2.71 bits per heavy atom. The summed E-state index contributed by atoms with van der Waals surface area (Å²) in [6.07, 6.45) is 5.03. The zero-order valence-electron chi connectivity index (χ0n) is 12.5. The Morgan fingerprint density at radius 1 is 1.38 bits per heavy atom. The van der Waals surface area contributed by atoms with E-state index in [4.69, 9.17) is 0 Å². The monoisotopic (exact) mass is 293 g/mol. The molecule has 0 unspecified atom stereocenters. The summed E-state index contributed by atoms with van der Waals surface area (Å²) in [7, 11) is 0. The first-order valence-electron chi connectivity index (χ1n) is 7.69. The lowest BCUT2D eigenvalue weighted by Crippen LogP contribution is -2.45. The smallest absolute Gasteiger partial charge is 0.276 e. The lowest BCUT2D eigenvalue weighted by Gasteiger charge is -2.35. The van der Waals surface area contributed by atoms with Crippen molar-refractivity contribution in [1.82, 2.24) is 25.2 Å². The number of hydrogen-bond donors (Lipinski definition) is 2. The highest BCUT2D eigenvalue weighted by molar-refractivity contribution is 5.92. The molecule has 0 radical (unpaired) electrons. The number of nitrogens with zero attached hydrogens (tertiary/aromatic N) is 4. The third-order valence-corrected chi connectivity index (χ3v) is 4.54. The van der Waals surface area contributed by atoms with Gasteiger partial charge in [-0.15, -0.1) is 5.10 Å². The summed E-state index contributed by atoms with van der Waals surface area (Å²) < 4.78 is 1.83. The minimum Gasteiger partial charge on any atom is -0.390 e. The first-order chi connectivity index (χ1) is 10.1. The average molecular weight is 293 g/mol. The number of carbonyl (C=O) groups excluding carboxylic acids is 1. The van der Waals surface area contributed by atoms with Gasteiger partial charge in [-0.3, -0.25) is 4.79 Å². The van der Waals surface area contributed by atoms with E-state index in [1.807, 2.05) is 11.6 Å². The summed E-state index contributed by atoms with van der Waals surface area (Å²) in [5.74, 6) is -0.0781. The fourth-order valence-corrected chi connectivity index (χ4v) is 2.98. The topological polar surface area (TPSA) is 83.3 Å². The number of rotatable bonds is 2. The van der Waals surface area contributed by atoms with Gasteiger partial charge >= 0.3 is 0 Å². The molecule has 7 heteroatoms. The number of likely N-dealkylation sites (tertiary alicyclic amines) is 1. The van der Waals surface area contributed by atoms with E-state index in [2.05, 4.69) is 15.6 Å². The molecular weight excluding hydrogens is 270 g/mol. The van der Waals surface area contributed by atoms with Gasteiger partial charge in [0.05, 0.1) is 17.8 Å². The molecule has 116 valence electrons. The summed E-state index contributed by atoms with van der Waals surface area (Å²) in [5.41, 5.74) is -0.237. The van der Waals surface area contributed by atoms with Gasteiger partial charge in [0.25, 0.3) is 5.91 Å². The highest BCUT2D eigenvalue weighted by Gasteiger charge is 2.31. The van der Waals surface area contributed by atoms with Gasteiger partial charge in [0.1, 0.15) is 0 Å². The van der Waals surface area contributed by atoms with Gasteiger partial charge < -0.3 is 15.3 Å². The molecule has 0 spiro atoms. The minimum absolute atomic E-state index is 0.0781. The molecule has 0 aliphatic carbocycles. The molecule has 1 aromatic rings. The summed E-state index contributed by atoms with van der Waals surface area (Å²) in [5, 5.41) is 21.4. The van der Waals surface area contributed by atoms with Crippen molar-refractivity contribution in [3.05, 3.63) is 11.9 Å². The molecule has 3 heterocycles. The zero-order valence-corrected chi connectivity index (χ0v) is 12.5. The number of nitrogens with one attached hydrogen (secondary N) is 1. The number of aromatic nitrogens is 3. The highest BCUT2D eigenvalue weighted by Crippen LogP contribution is 2.22. The van der Waals surface area contributed by atoms with Crippen LogP contribution in [0.3, 0.4) is 0 Å². The van der Waals surface area contributed by atoms with Crippen molar-refractivity contribution < 1.29 is 9.90 Å². The molecule has 2 saturated heterocycles. The van der Waals surface area contributed by atoms with Crippen molar-refractivity contribution in [2.75, 3.05) is 26.2 Å². The zero-order chi connectivity index (χ0) is 14.9. The van der Waals surface area contributed by atoms with Crippen LogP contribution in [0.1, 0.15) is 49.1 Å². The van der Waals surface area contributed by atoms with Crippen LogP contribution in [-0.4, -0.2) is 62.7 Å². The van der Waals surface area contributed by atoms with Crippen LogP contribution in [0.4, 0.5) is 0 Å². The maximum Gasteiger partial charge on any atom is 0.276 e. The van der Waals surface area contributed by atoms with Crippen LogP contribution in [0.15, 0.2) is 6.20 Å². The van der Waals surface area contributed by atoms with Gasteiger partial charge in [0.15, 0.2) is 5.69 Å². The standard InChI is InChI=1S/C14H23N5O2/c1-14(21)4-8-18(9-5-14)13(20)12-10-19(17-16-12)11-2-6-15-7-3-11/h10-11,15,21H,2-9H2,1H3. The summed E-state index contributed by atoms with van der Waals surface area (Å²) in [6, 6.07) is 0.336. The van der Waals surface area contributed by atoms with E-state index in [0.717, 1.165) is 25.9 Å². The maximum atomic E-state index is 12.4. The van der Waals surface area contributed by atoms with E-state index in [1.54, 1.807) is 11.1 Å². The van der Waals surface area contributed by atoms with Crippen molar-refractivity contribution >= 4 is 5.91 Å². The number of amides is 1. The molecule has 2 fully saturated rings. The Morgan fingerprint density at radius 2 is 2.05 bits per heavy atom. The van der Waals surface area contributed by atoms with Crippen molar-refractivity contribution in [3.63, 3.8) is 0 Å². The highest BCUT2D eigenvalue weighted by atomic mass is 16.3.